The van der Waals surface area contributed by atoms with Crippen LogP contribution in [0.2, 0.25) is 0 Å². The molecule has 0 aromatic heterocycles. The van der Waals surface area contributed by atoms with Crippen molar-refractivity contribution in [2.75, 3.05) is 20.3 Å². The summed E-state index contributed by atoms with van der Waals surface area (Å²) in [4.78, 5) is 12.2. The van der Waals surface area contributed by atoms with Crippen LogP contribution < -0.4 is 19.6 Å². The summed E-state index contributed by atoms with van der Waals surface area (Å²) in [6, 6.07) is 12.3. The molecular formula is C20H22N2O4. The molecule has 0 saturated carbocycles. The van der Waals surface area contributed by atoms with Crippen LogP contribution in [0.3, 0.4) is 0 Å². The molecule has 26 heavy (non-hydrogen) atoms. The van der Waals surface area contributed by atoms with E-state index in [9.17, 15) is 4.79 Å². The van der Waals surface area contributed by atoms with E-state index in [0.29, 0.717) is 36.0 Å². The fourth-order valence-corrected chi connectivity index (χ4v) is 2.16. The van der Waals surface area contributed by atoms with E-state index in [1.165, 1.54) is 0 Å². The van der Waals surface area contributed by atoms with Gasteiger partial charge >= 0.3 is 0 Å². The topological polar surface area (TPSA) is 69.2 Å². The summed E-state index contributed by atoms with van der Waals surface area (Å²) in [5, 5.41) is 3.99. The summed E-state index contributed by atoms with van der Waals surface area (Å²) < 4.78 is 16.1. The third-order valence-corrected chi connectivity index (χ3v) is 3.33. The summed E-state index contributed by atoms with van der Waals surface area (Å²) in [6.45, 7) is 6.38. The van der Waals surface area contributed by atoms with Gasteiger partial charge in [-0.15, -0.1) is 0 Å². The first-order valence-corrected chi connectivity index (χ1v) is 8.16. The lowest BCUT2D eigenvalue weighted by molar-refractivity contribution is 0.0954. The van der Waals surface area contributed by atoms with Crippen molar-refractivity contribution in [3.8, 4) is 17.2 Å². The molecule has 0 aliphatic carbocycles. The number of benzene rings is 2. The van der Waals surface area contributed by atoms with Crippen LogP contribution in [0.4, 0.5) is 0 Å². The number of nitrogens with one attached hydrogen (secondary N) is 1. The van der Waals surface area contributed by atoms with E-state index in [-0.39, 0.29) is 5.91 Å². The summed E-state index contributed by atoms with van der Waals surface area (Å²) in [5.74, 6) is 1.45. The number of ether oxygens (including phenoxy) is 3. The van der Waals surface area contributed by atoms with Crippen LogP contribution >= 0.6 is 0 Å². The molecule has 2 aromatic carbocycles. The van der Waals surface area contributed by atoms with Crippen molar-refractivity contribution in [1.82, 2.24) is 5.43 Å². The van der Waals surface area contributed by atoms with Crippen LogP contribution in [-0.2, 0) is 0 Å². The van der Waals surface area contributed by atoms with Gasteiger partial charge in [-0.1, -0.05) is 24.8 Å². The van der Waals surface area contributed by atoms with Gasteiger partial charge in [-0.25, -0.2) is 5.43 Å². The van der Waals surface area contributed by atoms with Gasteiger partial charge in [-0.05, 0) is 42.8 Å². The third-order valence-electron chi connectivity index (χ3n) is 3.33. The van der Waals surface area contributed by atoms with Crippen molar-refractivity contribution in [2.24, 2.45) is 5.10 Å². The van der Waals surface area contributed by atoms with E-state index >= 15 is 0 Å². The van der Waals surface area contributed by atoms with Crippen LogP contribution in [0, 0.1) is 0 Å². The maximum atomic E-state index is 12.2. The minimum absolute atomic E-state index is 0.344. The number of amides is 1. The Kier molecular flexibility index (Phi) is 7.24. The lowest BCUT2D eigenvalue weighted by Crippen LogP contribution is -2.17. The largest absolute Gasteiger partial charge is 0.493 e. The van der Waals surface area contributed by atoms with E-state index in [2.05, 4.69) is 17.1 Å². The molecule has 0 aliphatic rings. The number of carbonyl (C=O) groups excluding carboxylic acids is 1. The molecule has 0 saturated heterocycles. The zero-order valence-corrected chi connectivity index (χ0v) is 14.9. The SMILES string of the molecule is C=CCOc1cccc(/C=N/NC(=O)c2ccc(OC)c(OCC)c2)c1. The van der Waals surface area contributed by atoms with Crippen molar-refractivity contribution in [3.05, 3.63) is 66.2 Å². The summed E-state index contributed by atoms with van der Waals surface area (Å²) >= 11 is 0. The third kappa shape index (κ3) is 5.37. The molecule has 1 amide bonds. The van der Waals surface area contributed by atoms with Crippen molar-refractivity contribution in [3.63, 3.8) is 0 Å². The van der Waals surface area contributed by atoms with Gasteiger partial charge in [-0.2, -0.15) is 5.10 Å². The Hall–Kier alpha value is -3.28. The molecule has 136 valence electrons. The lowest BCUT2D eigenvalue weighted by atomic mass is 10.2. The Labute approximate surface area is 153 Å². The predicted molar refractivity (Wildman–Crippen MR) is 101 cm³/mol. The molecule has 2 aromatic rings. The fourth-order valence-electron chi connectivity index (χ4n) is 2.16. The number of nitrogens with zero attached hydrogens (tertiary/aromatic N) is 1. The Morgan fingerprint density at radius 3 is 2.77 bits per heavy atom. The van der Waals surface area contributed by atoms with E-state index in [1.807, 2.05) is 31.2 Å². The molecule has 6 heteroatoms. The number of rotatable bonds is 9. The van der Waals surface area contributed by atoms with Gasteiger partial charge in [-0.3, -0.25) is 4.79 Å². The van der Waals surface area contributed by atoms with Crippen LogP contribution in [0.5, 0.6) is 17.2 Å². The van der Waals surface area contributed by atoms with Crippen molar-refractivity contribution >= 4 is 12.1 Å². The lowest BCUT2D eigenvalue weighted by Gasteiger charge is -2.10. The molecule has 0 atom stereocenters. The summed E-state index contributed by atoms with van der Waals surface area (Å²) in [5.41, 5.74) is 3.72. The van der Waals surface area contributed by atoms with E-state index in [1.54, 1.807) is 37.6 Å². The first-order valence-electron chi connectivity index (χ1n) is 8.16. The van der Waals surface area contributed by atoms with Gasteiger partial charge in [0.05, 0.1) is 19.9 Å². The Bertz CT molecular complexity index is 787. The van der Waals surface area contributed by atoms with Crippen molar-refractivity contribution in [2.45, 2.75) is 6.92 Å². The minimum Gasteiger partial charge on any atom is -0.493 e. The molecule has 0 heterocycles. The maximum Gasteiger partial charge on any atom is 0.271 e. The van der Waals surface area contributed by atoms with Crippen LogP contribution in [0.1, 0.15) is 22.8 Å². The molecule has 0 aliphatic heterocycles. The highest BCUT2D eigenvalue weighted by Crippen LogP contribution is 2.27. The normalized spacial score (nSPS) is 10.4. The minimum atomic E-state index is -0.344. The van der Waals surface area contributed by atoms with Crippen LogP contribution in [0.25, 0.3) is 0 Å². The fraction of sp³-hybridized carbons (Fsp3) is 0.200. The highest BCUT2D eigenvalue weighted by atomic mass is 16.5. The number of carbonyl (C=O) groups is 1. The monoisotopic (exact) mass is 354 g/mol. The average molecular weight is 354 g/mol. The van der Waals surface area contributed by atoms with E-state index in [0.717, 1.165) is 5.56 Å². The first kappa shape index (κ1) is 19.1. The average Bonchev–Trinajstić information content (AvgIpc) is 2.67. The van der Waals surface area contributed by atoms with E-state index in [4.69, 9.17) is 14.2 Å². The van der Waals surface area contributed by atoms with E-state index < -0.39 is 0 Å². The Balaban J connectivity index is 2.03. The van der Waals surface area contributed by atoms with Gasteiger partial charge in [0.2, 0.25) is 0 Å². The zero-order chi connectivity index (χ0) is 18.8. The van der Waals surface area contributed by atoms with Gasteiger partial charge in [0, 0.05) is 5.56 Å². The van der Waals surface area contributed by atoms with Gasteiger partial charge in [0.25, 0.3) is 5.91 Å². The number of methoxy groups -OCH3 is 1. The second kappa shape index (κ2) is 9.88. The molecular weight excluding hydrogens is 332 g/mol. The second-order valence-corrected chi connectivity index (χ2v) is 5.17. The predicted octanol–water partition coefficient (Wildman–Crippen LogP) is 3.42. The maximum absolute atomic E-state index is 12.2. The quantitative estimate of drug-likeness (QED) is 0.426. The molecule has 0 radical (unpaired) electrons. The van der Waals surface area contributed by atoms with Crippen LogP contribution in [0.15, 0.2) is 60.2 Å². The number of hydrogen-bond acceptors (Lipinski definition) is 5. The van der Waals surface area contributed by atoms with Gasteiger partial charge in [0.15, 0.2) is 11.5 Å². The first-order chi connectivity index (χ1) is 12.7. The van der Waals surface area contributed by atoms with Gasteiger partial charge in [0.1, 0.15) is 12.4 Å². The number of hydrogen-bond donors (Lipinski definition) is 1. The molecule has 1 N–H and O–H groups in total. The van der Waals surface area contributed by atoms with Crippen molar-refractivity contribution < 1.29 is 19.0 Å². The smallest absolute Gasteiger partial charge is 0.271 e. The highest BCUT2D eigenvalue weighted by molar-refractivity contribution is 5.95. The van der Waals surface area contributed by atoms with Crippen LogP contribution in [-0.4, -0.2) is 32.4 Å². The summed E-state index contributed by atoms with van der Waals surface area (Å²) in [7, 11) is 1.55. The molecule has 0 unspecified atom stereocenters. The molecule has 0 spiro atoms. The second-order valence-electron chi connectivity index (χ2n) is 5.17. The molecule has 0 bridgehead atoms. The Morgan fingerprint density at radius 2 is 2.04 bits per heavy atom. The van der Waals surface area contributed by atoms with Gasteiger partial charge < -0.3 is 14.2 Å². The molecule has 0 fully saturated rings. The summed E-state index contributed by atoms with van der Waals surface area (Å²) in [6.07, 6.45) is 3.22. The standard InChI is InChI=1S/C20H22N2O4/c1-4-11-26-17-8-6-7-15(12-17)14-21-22-20(23)16-9-10-18(24-3)19(13-16)25-5-2/h4,6-10,12-14H,1,5,11H2,2-3H3,(H,22,23)/b21-14+. The highest BCUT2D eigenvalue weighted by Gasteiger charge is 2.10. The van der Waals surface area contributed by atoms with Crippen molar-refractivity contribution in [1.29, 1.82) is 0 Å². The number of hydrazone groups is 1. The molecule has 2 rings (SSSR count). The Morgan fingerprint density at radius 1 is 1.19 bits per heavy atom. The zero-order valence-electron chi connectivity index (χ0n) is 14.9. The molecule has 6 nitrogen and oxygen atoms in total.